The molecule has 0 fully saturated rings. The molecule has 8 nitrogen and oxygen atoms in total. The zero-order valence-corrected chi connectivity index (χ0v) is 27.9. The number of aromatic nitrogens is 4. The van der Waals surface area contributed by atoms with Crippen molar-refractivity contribution in [1.82, 2.24) is 19.5 Å². The first-order valence-corrected chi connectivity index (χ1v) is 18.9. The van der Waals surface area contributed by atoms with E-state index in [9.17, 15) is 18.0 Å². The number of ether oxygens (including phenoxy) is 2. The Morgan fingerprint density at radius 2 is 1.76 bits per heavy atom. The fourth-order valence-corrected chi connectivity index (χ4v) is 6.05. The number of nitrogens with zero attached hydrogens (tertiary/aromatic N) is 4. The highest BCUT2D eigenvalue weighted by Crippen LogP contribution is 2.45. The van der Waals surface area contributed by atoms with Crippen LogP contribution in [0.2, 0.25) is 30.7 Å². The minimum absolute atomic E-state index is 0.0224. The lowest BCUT2D eigenvalue weighted by molar-refractivity contribution is -0.137. The van der Waals surface area contributed by atoms with E-state index in [2.05, 4.69) is 39.9 Å². The lowest BCUT2D eigenvalue weighted by Crippen LogP contribution is -2.28. The second-order valence-corrected chi connectivity index (χ2v) is 18.1. The van der Waals surface area contributed by atoms with Crippen LogP contribution in [0.25, 0.3) is 22.2 Å². The summed E-state index contributed by atoms with van der Waals surface area (Å²) in [6.45, 7) is 7.67. The maximum absolute atomic E-state index is 16.2. The predicted molar refractivity (Wildman–Crippen MR) is 168 cm³/mol. The van der Waals surface area contributed by atoms with Crippen molar-refractivity contribution in [3.8, 4) is 17.0 Å². The average Bonchev–Trinajstić information content (AvgIpc) is 2.96. The number of aryl methyl sites for hydroxylation is 1. The molecule has 0 saturated carbocycles. The van der Waals surface area contributed by atoms with Crippen LogP contribution in [0, 0.1) is 18.7 Å². The number of alkyl halides is 3. The van der Waals surface area contributed by atoms with E-state index in [0.717, 1.165) is 29.3 Å². The number of rotatable bonds is 11. The number of fused-ring (bicyclic) bond motifs is 1. The van der Waals surface area contributed by atoms with Gasteiger partial charge in [0, 0.05) is 26.8 Å². The summed E-state index contributed by atoms with van der Waals surface area (Å²) in [4.78, 5) is 25.0. The Balaban J connectivity index is 1.85. The van der Waals surface area contributed by atoms with Crippen molar-refractivity contribution in [2.75, 3.05) is 25.3 Å². The normalized spacial score (nSPS) is 12.2. The number of thioether (sulfide) groups is 1. The monoisotopic (exact) mass is 687 g/mol. The molecule has 0 spiro atoms. The molecule has 0 aliphatic carbocycles. The van der Waals surface area contributed by atoms with Crippen LogP contribution >= 0.6 is 23.4 Å². The van der Waals surface area contributed by atoms with E-state index in [-0.39, 0.29) is 24.2 Å². The number of pyridine rings is 2. The Hall–Kier alpha value is -3.27. The summed E-state index contributed by atoms with van der Waals surface area (Å²) in [5.74, 6) is -2.56. The molecule has 0 aliphatic rings. The van der Waals surface area contributed by atoms with Crippen molar-refractivity contribution in [3.05, 3.63) is 68.2 Å². The topological polar surface area (TPSA) is 91.2 Å². The SMILES string of the molecule is COc1ccc(CNc2nc(C)c(C(F)(F)F)c(-c3nc(F)c4c(=O)n(COCC[Si](C)(C)C)c(SC)nc4c3F)c2Cl)cc1. The predicted octanol–water partition coefficient (Wildman–Crippen LogP) is 7.77. The number of halogens is 6. The van der Waals surface area contributed by atoms with E-state index >= 15 is 8.78 Å². The molecule has 0 atom stereocenters. The quantitative estimate of drug-likeness (QED) is 0.0427. The van der Waals surface area contributed by atoms with E-state index in [0.29, 0.717) is 17.9 Å². The molecule has 0 aliphatic heterocycles. The zero-order chi connectivity index (χ0) is 33.3. The highest BCUT2D eigenvalue weighted by molar-refractivity contribution is 7.98. The van der Waals surface area contributed by atoms with Gasteiger partial charge in [0.05, 0.1) is 23.4 Å². The van der Waals surface area contributed by atoms with E-state index in [1.165, 1.54) is 7.11 Å². The first-order chi connectivity index (χ1) is 21.1. The van der Waals surface area contributed by atoms with Crippen molar-refractivity contribution < 1.29 is 31.4 Å². The second-order valence-electron chi connectivity index (χ2n) is 11.3. The highest BCUT2D eigenvalue weighted by atomic mass is 35.5. The molecule has 1 aromatic carbocycles. The van der Waals surface area contributed by atoms with Gasteiger partial charge in [-0.3, -0.25) is 9.36 Å². The van der Waals surface area contributed by atoms with Crippen LogP contribution in [-0.2, 0) is 24.2 Å². The number of hydrogen-bond donors (Lipinski definition) is 1. The van der Waals surface area contributed by atoms with Gasteiger partial charge in [-0.1, -0.05) is 55.1 Å². The maximum atomic E-state index is 16.2. The van der Waals surface area contributed by atoms with Gasteiger partial charge in [-0.15, -0.1) is 0 Å². The average molecular weight is 688 g/mol. The number of nitrogens with one attached hydrogen (secondary N) is 1. The third kappa shape index (κ3) is 7.59. The molecule has 0 saturated heterocycles. The Labute approximate surface area is 266 Å². The molecule has 242 valence electrons. The summed E-state index contributed by atoms with van der Waals surface area (Å²) >= 11 is 7.42. The van der Waals surface area contributed by atoms with Crippen LogP contribution in [0.1, 0.15) is 16.8 Å². The fraction of sp³-hybridized carbons (Fsp3) is 0.379. The van der Waals surface area contributed by atoms with Crippen LogP contribution in [0.5, 0.6) is 5.75 Å². The van der Waals surface area contributed by atoms with E-state index in [1.54, 1.807) is 30.5 Å². The van der Waals surface area contributed by atoms with Crippen molar-refractivity contribution in [2.45, 2.75) is 57.2 Å². The van der Waals surface area contributed by atoms with Crippen LogP contribution in [0.3, 0.4) is 0 Å². The van der Waals surface area contributed by atoms with Gasteiger partial charge >= 0.3 is 6.18 Å². The molecule has 4 rings (SSSR count). The van der Waals surface area contributed by atoms with Crippen molar-refractivity contribution in [2.24, 2.45) is 0 Å². The minimum Gasteiger partial charge on any atom is -0.497 e. The zero-order valence-electron chi connectivity index (χ0n) is 25.3. The molecule has 0 radical (unpaired) electrons. The van der Waals surface area contributed by atoms with Gasteiger partial charge in [0.1, 0.15) is 34.9 Å². The first kappa shape index (κ1) is 34.6. The minimum atomic E-state index is -5.07. The largest absolute Gasteiger partial charge is 0.497 e. The number of anilines is 1. The van der Waals surface area contributed by atoms with Gasteiger partial charge < -0.3 is 14.8 Å². The Morgan fingerprint density at radius 3 is 2.33 bits per heavy atom. The second kappa shape index (κ2) is 13.6. The van der Waals surface area contributed by atoms with Crippen LogP contribution in [0.4, 0.5) is 27.8 Å². The third-order valence-corrected chi connectivity index (χ3v) is 9.57. The van der Waals surface area contributed by atoms with E-state index in [1.807, 2.05) is 0 Å². The van der Waals surface area contributed by atoms with Crippen LogP contribution < -0.4 is 15.6 Å². The lowest BCUT2D eigenvalue weighted by atomic mass is 10.0. The summed E-state index contributed by atoms with van der Waals surface area (Å²) in [5, 5.41) is 1.37. The molecule has 4 aromatic rings. The van der Waals surface area contributed by atoms with Crippen molar-refractivity contribution in [3.63, 3.8) is 0 Å². The lowest BCUT2D eigenvalue weighted by Gasteiger charge is -2.20. The van der Waals surface area contributed by atoms with Crippen LogP contribution in [0.15, 0.2) is 34.2 Å². The van der Waals surface area contributed by atoms with Crippen molar-refractivity contribution in [1.29, 1.82) is 0 Å². The molecule has 0 bridgehead atoms. The summed E-state index contributed by atoms with van der Waals surface area (Å²) in [7, 11) is 0.0597. The maximum Gasteiger partial charge on any atom is 0.418 e. The number of hydrogen-bond acceptors (Lipinski definition) is 8. The van der Waals surface area contributed by atoms with Gasteiger partial charge in [0.25, 0.3) is 5.56 Å². The van der Waals surface area contributed by atoms with Gasteiger partial charge in [-0.2, -0.15) is 17.6 Å². The van der Waals surface area contributed by atoms with Gasteiger partial charge in [-0.25, -0.2) is 19.3 Å². The Bertz CT molecular complexity index is 1780. The molecule has 3 heterocycles. The smallest absolute Gasteiger partial charge is 0.418 e. The van der Waals surface area contributed by atoms with Gasteiger partial charge in [-0.05, 0) is 36.9 Å². The number of methoxy groups -OCH3 is 1. The Morgan fingerprint density at radius 1 is 1.09 bits per heavy atom. The molecule has 45 heavy (non-hydrogen) atoms. The molecule has 1 N–H and O–H groups in total. The molecule has 0 amide bonds. The summed E-state index contributed by atoms with van der Waals surface area (Å²) in [5.41, 5.74) is -4.99. The molecular formula is C29H31ClF5N5O3SSi. The number of benzene rings is 1. The molecular weight excluding hydrogens is 657 g/mol. The first-order valence-electron chi connectivity index (χ1n) is 13.6. The van der Waals surface area contributed by atoms with Crippen molar-refractivity contribution >= 4 is 48.2 Å². The van der Waals surface area contributed by atoms with Gasteiger partial charge in [0.15, 0.2) is 11.0 Å². The highest BCUT2D eigenvalue weighted by Gasteiger charge is 2.40. The molecule has 16 heteroatoms. The molecule has 0 unspecified atom stereocenters. The third-order valence-electron chi connectivity index (χ3n) is 6.82. The summed E-state index contributed by atoms with van der Waals surface area (Å²) < 4.78 is 86.7. The van der Waals surface area contributed by atoms with Crippen LogP contribution in [-0.4, -0.2) is 47.6 Å². The summed E-state index contributed by atoms with van der Waals surface area (Å²) in [6, 6.07) is 7.62. The van der Waals surface area contributed by atoms with E-state index in [4.69, 9.17) is 21.1 Å². The molecule has 3 aromatic heterocycles. The van der Waals surface area contributed by atoms with E-state index < -0.39 is 70.0 Å². The summed E-state index contributed by atoms with van der Waals surface area (Å²) in [6.07, 6.45) is -3.51. The Kier molecular flexibility index (Phi) is 10.5. The standard InChI is InChI=1S/C29H31ClF5N5O3SSi/c1-15-20(29(33,34)35)18(21(30)26(37-15)36-13-16-7-9-17(42-2)10-8-16)23-22(31)24-19(25(32)38-23)27(41)40(28(39-24)44-3)14-43-11-12-45(4,5)6/h7-10H,11-14H2,1-6H3,(H,36,37). The van der Waals surface area contributed by atoms with Gasteiger partial charge in [0.2, 0.25) is 5.95 Å². The fourth-order valence-electron chi connectivity index (χ4n) is 4.46.